The first-order valence-electron chi connectivity index (χ1n) is 5.78. The monoisotopic (exact) mass is 296 g/mol. The zero-order chi connectivity index (χ0) is 14.6. The van der Waals surface area contributed by atoms with Crippen LogP contribution in [0.3, 0.4) is 0 Å². The van der Waals surface area contributed by atoms with Crippen LogP contribution in [0.2, 0.25) is 0 Å². The second-order valence-corrected chi connectivity index (χ2v) is 5.70. The van der Waals surface area contributed by atoms with Crippen LogP contribution in [0.4, 0.5) is 4.39 Å². The van der Waals surface area contributed by atoms with Crippen molar-refractivity contribution in [3.63, 3.8) is 0 Å². The molecule has 3 N–H and O–H groups in total. The Labute approximate surface area is 115 Å². The predicted octanol–water partition coefficient (Wildman–Crippen LogP) is 0.553. The second kappa shape index (κ2) is 6.04. The van der Waals surface area contributed by atoms with Gasteiger partial charge in [0.1, 0.15) is 5.82 Å². The SMILES string of the molecule is NCc1c(F)cccc1S(=O)(=O)NCc1cccnn1. The van der Waals surface area contributed by atoms with E-state index in [1.54, 1.807) is 12.1 Å². The number of halogens is 1. The molecule has 0 amide bonds. The van der Waals surface area contributed by atoms with E-state index in [-0.39, 0.29) is 23.5 Å². The maximum Gasteiger partial charge on any atom is 0.241 e. The molecule has 0 aliphatic rings. The number of nitrogens with one attached hydrogen (secondary N) is 1. The average Bonchev–Trinajstić information content (AvgIpc) is 2.46. The fourth-order valence-electron chi connectivity index (χ4n) is 1.66. The van der Waals surface area contributed by atoms with Crippen LogP contribution in [0.1, 0.15) is 11.3 Å². The molecule has 1 aromatic carbocycles. The lowest BCUT2D eigenvalue weighted by molar-refractivity contribution is 0.570. The highest BCUT2D eigenvalue weighted by molar-refractivity contribution is 7.89. The smallest absolute Gasteiger partial charge is 0.241 e. The molecule has 0 atom stereocenters. The number of nitrogens with zero attached hydrogens (tertiary/aromatic N) is 2. The summed E-state index contributed by atoms with van der Waals surface area (Å²) in [6.07, 6.45) is 1.48. The fourth-order valence-corrected chi connectivity index (χ4v) is 2.92. The Morgan fingerprint density at radius 1 is 1.25 bits per heavy atom. The van der Waals surface area contributed by atoms with Crippen molar-refractivity contribution in [2.45, 2.75) is 18.0 Å². The molecule has 0 fully saturated rings. The fraction of sp³-hybridized carbons (Fsp3) is 0.167. The van der Waals surface area contributed by atoms with Gasteiger partial charge in [0, 0.05) is 18.3 Å². The molecule has 0 radical (unpaired) electrons. The van der Waals surface area contributed by atoms with Gasteiger partial charge in [0.2, 0.25) is 10.0 Å². The third-order valence-electron chi connectivity index (χ3n) is 2.64. The Morgan fingerprint density at radius 2 is 2.05 bits per heavy atom. The highest BCUT2D eigenvalue weighted by Crippen LogP contribution is 2.18. The summed E-state index contributed by atoms with van der Waals surface area (Å²) in [5.74, 6) is -0.644. The van der Waals surface area contributed by atoms with Crippen molar-refractivity contribution in [1.82, 2.24) is 14.9 Å². The van der Waals surface area contributed by atoms with Gasteiger partial charge in [0.25, 0.3) is 0 Å². The Hall–Kier alpha value is -1.90. The number of hydrogen-bond donors (Lipinski definition) is 2. The van der Waals surface area contributed by atoms with E-state index in [0.717, 1.165) is 0 Å². The Morgan fingerprint density at radius 3 is 2.70 bits per heavy atom. The van der Waals surface area contributed by atoms with E-state index in [1.807, 2.05) is 0 Å². The normalized spacial score (nSPS) is 11.5. The Kier molecular flexibility index (Phi) is 4.38. The van der Waals surface area contributed by atoms with Crippen molar-refractivity contribution in [1.29, 1.82) is 0 Å². The van der Waals surface area contributed by atoms with Crippen molar-refractivity contribution < 1.29 is 12.8 Å². The third kappa shape index (κ3) is 3.16. The zero-order valence-corrected chi connectivity index (χ0v) is 11.3. The first-order chi connectivity index (χ1) is 9.54. The van der Waals surface area contributed by atoms with E-state index in [9.17, 15) is 12.8 Å². The van der Waals surface area contributed by atoms with E-state index < -0.39 is 15.8 Å². The van der Waals surface area contributed by atoms with Gasteiger partial charge in [-0.15, -0.1) is 0 Å². The number of hydrogen-bond acceptors (Lipinski definition) is 5. The lowest BCUT2D eigenvalue weighted by Crippen LogP contribution is -2.25. The predicted molar refractivity (Wildman–Crippen MR) is 70.3 cm³/mol. The summed E-state index contributed by atoms with van der Waals surface area (Å²) in [4.78, 5) is -0.163. The molecule has 0 saturated heterocycles. The van der Waals surface area contributed by atoms with Crippen LogP contribution in [0.15, 0.2) is 41.4 Å². The highest BCUT2D eigenvalue weighted by atomic mass is 32.2. The summed E-state index contributed by atoms with van der Waals surface area (Å²) in [6.45, 7) is -0.231. The first kappa shape index (κ1) is 14.5. The molecule has 106 valence electrons. The van der Waals surface area contributed by atoms with E-state index >= 15 is 0 Å². The van der Waals surface area contributed by atoms with Crippen LogP contribution < -0.4 is 10.5 Å². The van der Waals surface area contributed by atoms with Crippen molar-refractivity contribution in [2.75, 3.05) is 0 Å². The molecule has 0 aliphatic carbocycles. The van der Waals surface area contributed by atoms with E-state index in [1.165, 1.54) is 24.4 Å². The minimum Gasteiger partial charge on any atom is -0.326 e. The molecule has 1 aromatic heterocycles. The van der Waals surface area contributed by atoms with Gasteiger partial charge in [0.15, 0.2) is 0 Å². The summed E-state index contributed by atoms with van der Waals surface area (Å²) in [6, 6.07) is 7.08. The maximum absolute atomic E-state index is 13.5. The second-order valence-electron chi connectivity index (χ2n) is 3.96. The van der Waals surface area contributed by atoms with Crippen LogP contribution in [-0.2, 0) is 23.1 Å². The van der Waals surface area contributed by atoms with Gasteiger partial charge < -0.3 is 5.73 Å². The van der Waals surface area contributed by atoms with Gasteiger partial charge in [-0.1, -0.05) is 6.07 Å². The summed E-state index contributed by atoms with van der Waals surface area (Å²) < 4.78 is 40.2. The van der Waals surface area contributed by atoms with Gasteiger partial charge in [-0.3, -0.25) is 0 Å². The average molecular weight is 296 g/mol. The molecule has 0 saturated carbocycles. The van der Waals surface area contributed by atoms with E-state index in [4.69, 9.17) is 5.73 Å². The molecule has 0 unspecified atom stereocenters. The molecule has 0 aliphatic heterocycles. The molecule has 6 nitrogen and oxygen atoms in total. The lowest BCUT2D eigenvalue weighted by Gasteiger charge is -2.10. The first-order valence-corrected chi connectivity index (χ1v) is 7.26. The quantitative estimate of drug-likeness (QED) is 0.839. The maximum atomic E-state index is 13.5. The number of nitrogens with two attached hydrogens (primary N) is 1. The largest absolute Gasteiger partial charge is 0.326 e. The summed E-state index contributed by atoms with van der Waals surface area (Å²) in [5.41, 5.74) is 5.82. The third-order valence-corrected chi connectivity index (χ3v) is 4.13. The minimum atomic E-state index is -3.86. The van der Waals surface area contributed by atoms with Gasteiger partial charge in [-0.05, 0) is 24.3 Å². The molecule has 2 aromatic rings. The summed E-state index contributed by atoms with van der Waals surface area (Å²) in [7, 11) is -3.86. The van der Waals surface area contributed by atoms with Crippen LogP contribution in [0.5, 0.6) is 0 Å². The van der Waals surface area contributed by atoms with Gasteiger partial charge in [0.05, 0.1) is 17.1 Å². The van der Waals surface area contributed by atoms with E-state index in [2.05, 4.69) is 14.9 Å². The summed E-state index contributed by atoms with van der Waals surface area (Å²) in [5, 5.41) is 7.40. The van der Waals surface area contributed by atoms with E-state index in [0.29, 0.717) is 5.69 Å². The summed E-state index contributed by atoms with van der Waals surface area (Å²) >= 11 is 0. The molecule has 0 bridgehead atoms. The van der Waals surface area contributed by atoms with Gasteiger partial charge >= 0.3 is 0 Å². The number of benzene rings is 1. The minimum absolute atomic E-state index is 0.0311. The van der Waals surface area contributed by atoms with Crippen molar-refractivity contribution in [2.24, 2.45) is 5.73 Å². The number of aromatic nitrogens is 2. The Balaban J connectivity index is 2.25. The van der Waals surface area contributed by atoms with Crippen molar-refractivity contribution in [3.05, 3.63) is 53.6 Å². The van der Waals surface area contributed by atoms with Crippen molar-refractivity contribution >= 4 is 10.0 Å². The molecule has 2 rings (SSSR count). The molecular formula is C12H13FN4O2S. The molecule has 20 heavy (non-hydrogen) atoms. The van der Waals surface area contributed by atoms with Gasteiger partial charge in [-0.2, -0.15) is 10.2 Å². The molecule has 8 heteroatoms. The topological polar surface area (TPSA) is 98.0 Å². The van der Waals surface area contributed by atoms with Crippen LogP contribution in [0.25, 0.3) is 0 Å². The molecule has 1 heterocycles. The lowest BCUT2D eigenvalue weighted by atomic mass is 10.2. The number of sulfonamides is 1. The number of rotatable bonds is 5. The van der Waals surface area contributed by atoms with Gasteiger partial charge in [-0.25, -0.2) is 17.5 Å². The van der Waals surface area contributed by atoms with Crippen LogP contribution in [-0.4, -0.2) is 18.6 Å². The van der Waals surface area contributed by atoms with Crippen LogP contribution in [0, 0.1) is 5.82 Å². The van der Waals surface area contributed by atoms with Crippen LogP contribution >= 0.6 is 0 Å². The van der Waals surface area contributed by atoms with Crippen molar-refractivity contribution in [3.8, 4) is 0 Å². The Bertz CT molecular complexity index is 692. The highest BCUT2D eigenvalue weighted by Gasteiger charge is 2.20. The standard InChI is InChI=1S/C12H13FN4O2S/c13-11-4-1-5-12(10(11)7-14)20(18,19)16-8-9-3-2-6-15-17-9/h1-6,16H,7-8,14H2. The molecular weight excluding hydrogens is 283 g/mol. The zero-order valence-electron chi connectivity index (χ0n) is 10.5. The molecule has 0 spiro atoms.